The van der Waals surface area contributed by atoms with Crippen LogP contribution in [-0.4, -0.2) is 83.8 Å². The number of carbonyl (C=O) groups excluding carboxylic acids is 1. The molecule has 0 aromatic carbocycles. The van der Waals surface area contributed by atoms with Crippen molar-refractivity contribution in [3.63, 3.8) is 0 Å². The van der Waals surface area contributed by atoms with Gasteiger partial charge in [0.25, 0.3) is 5.91 Å². The van der Waals surface area contributed by atoms with Gasteiger partial charge in [-0.1, -0.05) is 0 Å². The summed E-state index contributed by atoms with van der Waals surface area (Å²) >= 11 is 0. The molecule has 4 rings (SSSR count). The summed E-state index contributed by atoms with van der Waals surface area (Å²) in [7, 11) is 0. The van der Waals surface area contributed by atoms with Gasteiger partial charge in [-0.05, 0) is 25.2 Å². The molecule has 0 bridgehead atoms. The van der Waals surface area contributed by atoms with Gasteiger partial charge < -0.3 is 19.4 Å². The third-order valence-corrected chi connectivity index (χ3v) is 5.56. The Balaban J connectivity index is 1.32. The number of amides is 1. The molecule has 1 spiro atoms. The first kappa shape index (κ1) is 16.1. The Bertz CT molecular complexity index is 548. The Morgan fingerprint density at radius 2 is 2.21 bits per heavy atom. The summed E-state index contributed by atoms with van der Waals surface area (Å²) in [6.45, 7) is 7.20. The van der Waals surface area contributed by atoms with Gasteiger partial charge >= 0.3 is 0 Å². The van der Waals surface area contributed by atoms with Crippen molar-refractivity contribution in [1.82, 2.24) is 19.8 Å². The highest BCUT2D eigenvalue weighted by Crippen LogP contribution is 2.31. The molecule has 3 fully saturated rings. The van der Waals surface area contributed by atoms with Crippen molar-refractivity contribution in [3.05, 3.63) is 18.2 Å². The van der Waals surface area contributed by atoms with Gasteiger partial charge in [0.05, 0.1) is 31.3 Å². The van der Waals surface area contributed by atoms with Crippen molar-refractivity contribution in [1.29, 1.82) is 0 Å². The number of rotatable bonds is 3. The van der Waals surface area contributed by atoms with Gasteiger partial charge in [0, 0.05) is 39.3 Å². The number of nitrogens with zero attached hydrogens (tertiary/aromatic N) is 3. The van der Waals surface area contributed by atoms with E-state index in [2.05, 4.69) is 14.9 Å². The molecule has 3 aliphatic heterocycles. The van der Waals surface area contributed by atoms with E-state index in [4.69, 9.17) is 9.47 Å². The Kier molecular flexibility index (Phi) is 4.56. The second kappa shape index (κ2) is 6.82. The summed E-state index contributed by atoms with van der Waals surface area (Å²) in [6.07, 6.45) is 6.13. The number of carbonyl (C=O) groups is 1. The van der Waals surface area contributed by atoms with E-state index in [0.29, 0.717) is 11.6 Å². The molecule has 1 aromatic heterocycles. The molecule has 132 valence electrons. The number of imidazole rings is 1. The van der Waals surface area contributed by atoms with Crippen LogP contribution in [0.3, 0.4) is 0 Å². The first-order valence-corrected chi connectivity index (χ1v) is 8.96. The molecule has 1 unspecified atom stereocenters. The maximum atomic E-state index is 12.4. The van der Waals surface area contributed by atoms with Crippen molar-refractivity contribution in [3.8, 4) is 0 Å². The van der Waals surface area contributed by atoms with E-state index >= 15 is 0 Å². The fourth-order valence-corrected chi connectivity index (χ4v) is 4.13. The van der Waals surface area contributed by atoms with Gasteiger partial charge in [-0.3, -0.25) is 9.69 Å². The number of hydrogen-bond donors (Lipinski definition) is 1. The number of likely N-dealkylation sites (tertiary alicyclic amines) is 1. The van der Waals surface area contributed by atoms with Crippen LogP contribution in [0, 0.1) is 5.92 Å². The second-order valence-corrected chi connectivity index (χ2v) is 7.25. The van der Waals surface area contributed by atoms with Crippen LogP contribution in [0.15, 0.2) is 12.5 Å². The number of aromatic amines is 1. The van der Waals surface area contributed by atoms with Crippen LogP contribution in [0.25, 0.3) is 0 Å². The second-order valence-electron chi connectivity index (χ2n) is 7.25. The van der Waals surface area contributed by atoms with E-state index in [9.17, 15) is 4.79 Å². The van der Waals surface area contributed by atoms with Crippen molar-refractivity contribution in [2.45, 2.75) is 24.9 Å². The summed E-state index contributed by atoms with van der Waals surface area (Å²) in [5, 5.41) is 0. The lowest BCUT2D eigenvalue weighted by Crippen LogP contribution is -2.58. The molecule has 24 heavy (non-hydrogen) atoms. The zero-order valence-electron chi connectivity index (χ0n) is 14.1. The van der Waals surface area contributed by atoms with Gasteiger partial charge in [0.15, 0.2) is 0 Å². The van der Waals surface area contributed by atoms with E-state index in [0.717, 1.165) is 65.4 Å². The van der Waals surface area contributed by atoms with Crippen LogP contribution < -0.4 is 0 Å². The molecule has 1 N–H and O–H groups in total. The van der Waals surface area contributed by atoms with E-state index in [1.54, 1.807) is 12.5 Å². The number of aromatic nitrogens is 2. The average molecular weight is 334 g/mol. The highest BCUT2D eigenvalue weighted by atomic mass is 16.5. The number of ether oxygens (including phenoxy) is 2. The fourth-order valence-electron chi connectivity index (χ4n) is 4.13. The molecule has 1 atom stereocenters. The Labute approximate surface area is 142 Å². The quantitative estimate of drug-likeness (QED) is 0.883. The fraction of sp³-hybridized carbons (Fsp3) is 0.765. The molecule has 7 nitrogen and oxygen atoms in total. The Morgan fingerprint density at radius 3 is 2.92 bits per heavy atom. The summed E-state index contributed by atoms with van der Waals surface area (Å²) < 4.78 is 11.7. The topological polar surface area (TPSA) is 70.7 Å². The molecule has 3 saturated heterocycles. The minimum Gasteiger partial charge on any atom is -0.381 e. The highest BCUT2D eigenvalue weighted by Gasteiger charge is 2.41. The summed E-state index contributed by atoms with van der Waals surface area (Å²) in [5.41, 5.74) is 0.487. The summed E-state index contributed by atoms with van der Waals surface area (Å²) in [4.78, 5) is 23.7. The van der Waals surface area contributed by atoms with E-state index in [1.807, 2.05) is 4.90 Å². The molecule has 0 saturated carbocycles. The van der Waals surface area contributed by atoms with Crippen LogP contribution in [-0.2, 0) is 9.47 Å². The monoisotopic (exact) mass is 334 g/mol. The first-order chi connectivity index (χ1) is 11.7. The highest BCUT2D eigenvalue weighted by molar-refractivity contribution is 5.92. The molecule has 1 amide bonds. The molecule has 4 heterocycles. The van der Waals surface area contributed by atoms with Gasteiger partial charge in [-0.15, -0.1) is 0 Å². The third kappa shape index (κ3) is 3.34. The first-order valence-electron chi connectivity index (χ1n) is 8.96. The largest absolute Gasteiger partial charge is 0.381 e. The van der Waals surface area contributed by atoms with Crippen molar-refractivity contribution in [2.75, 3.05) is 52.5 Å². The standard InChI is InChI=1S/C17H26N4O3/c22-16(15-9-18-13-19-15)21-4-2-17(3-5-21)12-20(6-8-24-17)10-14-1-7-23-11-14/h9,13-14H,1-8,10-12H2,(H,18,19). The zero-order valence-corrected chi connectivity index (χ0v) is 14.1. The summed E-state index contributed by atoms with van der Waals surface area (Å²) in [5.74, 6) is 0.709. The Hall–Kier alpha value is -1.44. The van der Waals surface area contributed by atoms with Crippen LogP contribution in [0.4, 0.5) is 0 Å². The molecular formula is C17H26N4O3. The maximum absolute atomic E-state index is 12.4. The van der Waals surface area contributed by atoms with Crippen molar-refractivity contribution < 1.29 is 14.3 Å². The lowest BCUT2D eigenvalue weighted by Gasteiger charge is -2.47. The summed E-state index contributed by atoms with van der Waals surface area (Å²) in [6, 6.07) is 0. The van der Waals surface area contributed by atoms with Crippen molar-refractivity contribution >= 4 is 5.91 Å². The van der Waals surface area contributed by atoms with Crippen LogP contribution in [0.1, 0.15) is 29.8 Å². The van der Waals surface area contributed by atoms with Crippen LogP contribution in [0.2, 0.25) is 0 Å². The smallest absolute Gasteiger partial charge is 0.271 e. The number of nitrogens with one attached hydrogen (secondary N) is 1. The number of H-pyrrole nitrogens is 1. The van der Waals surface area contributed by atoms with Gasteiger partial charge in [-0.25, -0.2) is 4.98 Å². The number of morpholine rings is 1. The normalized spacial score (nSPS) is 27.7. The number of piperidine rings is 1. The lowest BCUT2D eigenvalue weighted by molar-refractivity contribution is -0.134. The van der Waals surface area contributed by atoms with Gasteiger partial charge in [0.2, 0.25) is 0 Å². The van der Waals surface area contributed by atoms with Gasteiger partial charge in [-0.2, -0.15) is 0 Å². The maximum Gasteiger partial charge on any atom is 0.271 e. The molecule has 7 heteroatoms. The predicted octanol–water partition coefficient (Wildman–Crippen LogP) is 0.753. The van der Waals surface area contributed by atoms with E-state index < -0.39 is 0 Å². The van der Waals surface area contributed by atoms with Crippen LogP contribution in [0.5, 0.6) is 0 Å². The predicted molar refractivity (Wildman–Crippen MR) is 87.8 cm³/mol. The molecule has 1 aromatic rings. The molecular weight excluding hydrogens is 308 g/mol. The molecule has 3 aliphatic rings. The third-order valence-electron chi connectivity index (χ3n) is 5.56. The van der Waals surface area contributed by atoms with Crippen LogP contribution >= 0.6 is 0 Å². The average Bonchev–Trinajstić information content (AvgIpc) is 3.29. The van der Waals surface area contributed by atoms with Gasteiger partial charge in [0.1, 0.15) is 5.69 Å². The molecule has 0 aliphatic carbocycles. The SMILES string of the molecule is O=C(c1cnc[nH]1)N1CCC2(CC1)CN(CC1CCOC1)CCO2. The van der Waals surface area contributed by atoms with E-state index in [-0.39, 0.29) is 11.5 Å². The molecule has 0 radical (unpaired) electrons. The Morgan fingerprint density at radius 1 is 1.33 bits per heavy atom. The minimum atomic E-state index is -0.0809. The van der Waals surface area contributed by atoms with Crippen molar-refractivity contribution in [2.24, 2.45) is 5.92 Å². The number of hydrogen-bond acceptors (Lipinski definition) is 5. The van der Waals surface area contributed by atoms with E-state index in [1.165, 1.54) is 6.42 Å². The zero-order chi connectivity index (χ0) is 16.4. The minimum absolute atomic E-state index is 0.0399. The lowest BCUT2D eigenvalue weighted by atomic mass is 9.88.